The summed E-state index contributed by atoms with van der Waals surface area (Å²) in [7, 11) is 0. The van der Waals surface area contributed by atoms with Crippen LogP contribution in [0.5, 0.6) is 0 Å². The van der Waals surface area contributed by atoms with Crippen LogP contribution < -0.4 is 24.8 Å². The van der Waals surface area contributed by atoms with Gasteiger partial charge >= 0.3 is 26.2 Å². The van der Waals surface area contributed by atoms with E-state index in [2.05, 4.69) is 74.2 Å². The molecule has 2 aromatic carbocycles. The standard InChI is InChI=1S/C12H11.C9H13.2ClH.Zr/c1-2-5-10-8-9-11-6-3-4-7-12(10)11;1-2-3-6-9-7-4-5-8-9;;;/h2-4,6-7,9-10H,1,5H2;4-5,7-8H,2-3,6H2,1H3;2*1H;/q2*-1;;;+4/p-2. The first kappa shape index (κ1) is 25.7. The van der Waals surface area contributed by atoms with E-state index in [1.165, 1.54) is 36.0 Å². The van der Waals surface area contributed by atoms with Crippen LogP contribution in [0.25, 0.3) is 6.08 Å². The van der Waals surface area contributed by atoms with E-state index >= 15 is 0 Å². The minimum Gasteiger partial charge on any atom is -1.00 e. The first-order valence-electron chi connectivity index (χ1n) is 7.84. The van der Waals surface area contributed by atoms with Crippen molar-refractivity contribution in [1.29, 1.82) is 0 Å². The zero-order valence-corrected chi connectivity index (χ0v) is 18.1. The Morgan fingerprint density at radius 3 is 2.42 bits per heavy atom. The molecule has 0 heterocycles. The molecule has 0 aliphatic heterocycles. The molecule has 1 aliphatic carbocycles. The van der Waals surface area contributed by atoms with Gasteiger partial charge in [0, 0.05) is 0 Å². The third kappa shape index (κ3) is 8.06. The Balaban J connectivity index is 0. The first-order chi connectivity index (χ1) is 10.3. The molecule has 2 aromatic rings. The summed E-state index contributed by atoms with van der Waals surface area (Å²) >= 11 is 0. The van der Waals surface area contributed by atoms with Gasteiger partial charge < -0.3 is 24.8 Å². The van der Waals surface area contributed by atoms with Crippen LogP contribution >= 0.6 is 0 Å². The van der Waals surface area contributed by atoms with E-state index in [0.29, 0.717) is 5.92 Å². The molecule has 126 valence electrons. The topological polar surface area (TPSA) is 0 Å². The molecule has 0 radical (unpaired) electrons. The van der Waals surface area contributed by atoms with Crippen LogP contribution in [0.1, 0.15) is 48.8 Å². The van der Waals surface area contributed by atoms with E-state index in [-0.39, 0.29) is 51.0 Å². The zero-order valence-electron chi connectivity index (χ0n) is 14.1. The van der Waals surface area contributed by atoms with E-state index in [1.54, 1.807) is 0 Å². The average Bonchev–Trinajstić information content (AvgIpc) is 3.16. The summed E-state index contributed by atoms with van der Waals surface area (Å²) in [5, 5.41) is 0. The van der Waals surface area contributed by atoms with Crippen LogP contribution in [-0.2, 0) is 32.6 Å². The smallest absolute Gasteiger partial charge is 1.00 e. The van der Waals surface area contributed by atoms with Gasteiger partial charge in [0.15, 0.2) is 0 Å². The predicted octanol–water partition coefficient (Wildman–Crippen LogP) is -0.0701. The Morgan fingerprint density at radius 1 is 1.12 bits per heavy atom. The first-order valence-corrected chi connectivity index (χ1v) is 7.84. The average molecular weight is 439 g/mol. The maximum absolute atomic E-state index is 3.74. The number of aryl methyl sites for hydroxylation is 1. The van der Waals surface area contributed by atoms with Gasteiger partial charge in [-0.05, 0) is 6.42 Å². The predicted molar refractivity (Wildman–Crippen MR) is 92.4 cm³/mol. The third-order valence-electron chi connectivity index (χ3n) is 3.76. The molecule has 1 atom stereocenters. The number of fused-ring (bicyclic) bond motifs is 1. The van der Waals surface area contributed by atoms with Crippen LogP contribution in [0, 0.1) is 6.08 Å². The second-order valence-electron chi connectivity index (χ2n) is 5.41. The largest absolute Gasteiger partial charge is 4.00 e. The van der Waals surface area contributed by atoms with Crippen molar-refractivity contribution in [2.24, 2.45) is 0 Å². The van der Waals surface area contributed by atoms with E-state index in [0.717, 1.165) is 6.42 Å². The van der Waals surface area contributed by atoms with Crippen molar-refractivity contribution >= 4 is 6.08 Å². The van der Waals surface area contributed by atoms with Crippen molar-refractivity contribution in [1.82, 2.24) is 0 Å². The minimum absolute atomic E-state index is 0. The van der Waals surface area contributed by atoms with Crippen molar-refractivity contribution in [3.05, 3.63) is 84.0 Å². The number of halogens is 2. The molecule has 0 bridgehead atoms. The molecule has 0 saturated heterocycles. The molecule has 0 saturated carbocycles. The summed E-state index contributed by atoms with van der Waals surface area (Å²) in [5.41, 5.74) is 4.18. The van der Waals surface area contributed by atoms with Crippen molar-refractivity contribution < 1.29 is 51.0 Å². The molecule has 0 amide bonds. The Kier molecular flexibility index (Phi) is 15.9. The Labute approximate surface area is 178 Å². The summed E-state index contributed by atoms with van der Waals surface area (Å²) < 4.78 is 0. The van der Waals surface area contributed by atoms with Crippen molar-refractivity contribution in [3.8, 4) is 0 Å². The molecular formula is C21H24Cl2Zr. The maximum Gasteiger partial charge on any atom is 4.00 e. The second-order valence-corrected chi connectivity index (χ2v) is 5.41. The number of rotatable bonds is 5. The van der Waals surface area contributed by atoms with Crippen molar-refractivity contribution in [3.63, 3.8) is 0 Å². The fourth-order valence-electron chi connectivity index (χ4n) is 2.56. The van der Waals surface area contributed by atoms with Gasteiger partial charge in [0.25, 0.3) is 0 Å². The molecule has 24 heavy (non-hydrogen) atoms. The summed E-state index contributed by atoms with van der Waals surface area (Å²) in [4.78, 5) is 0. The molecule has 0 nitrogen and oxygen atoms in total. The van der Waals surface area contributed by atoms with Gasteiger partial charge in [-0.1, -0.05) is 56.4 Å². The van der Waals surface area contributed by atoms with Crippen LogP contribution in [0.4, 0.5) is 0 Å². The normalized spacial score (nSPS) is 13.3. The van der Waals surface area contributed by atoms with Crippen LogP contribution in [0.2, 0.25) is 0 Å². The number of hydrogen-bond acceptors (Lipinski definition) is 0. The van der Waals surface area contributed by atoms with E-state index in [1.807, 2.05) is 6.08 Å². The van der Waals surface area contributed by atoms with Gasteiger partial charge in [-0.25, -0.2) is 18.2 Å². The Morgan fingerprint density at radius 2 is 1.79 bits per heavy atom. The molecule has 3 rings (SSSR count). The summed E-state index contributed by atoms with van der Waals surface area (Å²) in [6.45, 7) is 5.97. The summed E-state index contributed by atoms with van der Waals surface area (Å²) in [6, 6.07) is 17.0. The molecule has 0 N–H and O–H groups in total. The molecule has 0 aromatic heterocycles. The van der Waals surface area contributed by atoms with Gasteiger partial charge in [0.05, 0.1) is 0 Å². The van der Waals surface area contributed by atoms with Gasteiger partial charge in [-0.3, -0.25) is 6.08 Å². The molecule has 0 spiro atoms. The SMILES string of the molecule is C=CCC1[C-]=Cc2ccccc21.CCCC[c-]1cccc1.[Cl-].[Cl-].[Zr+4]. The fourth-order valence-corrected chi connectivity index (χ4v) is 2.56. The third-order valence-corrected chi connectivity index (χ3v) is 3.76. The quantitative estimate of drug-likeness (QED) is 0.453. The summed E-state index contributed by atoms with van der Waals surface area (Å²) in [5.74, 6) is 0.443. The zero-order chi connectivity index (χ0) is 14.9. The van der Waals surface area contributed by atoms with Crippen LogP contribution in [0.3, 0.4) is 0 Å². The molecule has 0 fully saturated rings. The number of allylic oxidation sites excluding steroid dienone is 2. The van der Waals surface area contributed by atoms with Crippen molar-refractivity contribution in [2.75, 3.05) is 0 Å². The minimum atomic E-state index is 0. The van der Waals surface area contributed by atoms with Crippen LogP contribution in [0.15, 0.2) is 61.2 Å². The number of unbranched alkanes of at least 4 members (excludes halogenated alkanes) is 1. The monoisotopic (exact) mass is 436 g/mol. The van der Waals surface area contributed by atoms with Crippen LogP contribution in [-0.4, -0.2) is 0 Å². The molecule has 1 unspecified atom stereocenters. The Hall–Kier alpha value is -0.487. The van der Waals surface area contributed by atoms with E-state index in [9.17, 15) is 0 Å². The second kappa shape index (κ2) is 14.8. The number of benzene rings is 1. The van der Waals surface area contributed by atoms with Gasteiger partial charge in [0.1, 0.15) is 0 Å². The van der Waals surface area contributed by atoms with Gasteiger partial charge in [-0.2, -0.15) is 23.3 Å². The fraction of sp³-hybridized carbons (Fsp3) is 0.286. The van der Waals surface area contributed by atoms with E-state index in [4.69, 9.17) is 0 Å². The molecule has 1 aliphatic rings. The summed E-state index contributed by atoms with van der Waals surface area (Å²) in [6.07, 6.45) is 12.2. The van der Waals surface area contributed by atoms with Crippen molar-refractivity contribution in [2.45, 2.75) is 38.5 Å². The van der Waals surface area contributed by atoms with E-state index < -0.39 is 0 Å². The van der Waals surface area contributed by atoms with Gasteiger partial charge in [-0.15, -0.1) is 18.2 Å². The molecular weight excluding hydrogens is 414 g/mol. The Bertz CT molecular complexity index is 573. The molecule has 3 heteroatoms. The van der Waals surface area contributed by atoms with Gasteiger partial charge in [0.2, 0.25) is 0 Å². The number of hydrogen-bond donors (Lipinski definition) is 0. The maximum atomic E-state index is 3.74.